The van der Waals surface area contributed by atoms with E-state index in [-0.39, 0.29) is 19.4 Å². The molecule has 0 aliphatic heterocycles. The number of hydrogen-bond acceptors (Lipinski definition) is 5. The average molecular weight is 279 g/mol. The van der Waals surface area contributed by atoms with E-state index in [1.165, 1.54) is 0 Å². The second-order valence-electron chi connectivity index (χ2n) is 4.08. The van der Waals surface area contributed by atoms with Crippen molar-refractivity contribution in [1.82, 2.24) is 5.32 Å². The quantitative estimate of drug-likeness (QED) is 0.683. The van der Waals surface area contributed by atoms with Gasteiger partial charge < -0.3 is 25.7 Å². The molecule has 0 aliphatic rings. The first-order valence-electron chi connectivity index (χ1n) is 5.95. The zero-order valence-electron chi connectivity index (χ0n) is 10.7. The Morgan fingerprint density at radius 3 is 2.45 bits per heavy atom. The normalized spacial score (nSPS) is 11.4. The molecule has 7 nitrogen and oxygen atoms in total. The molecule has 1 atom stereocenters. The van der Waals surface area contributed by atoms with Gasteiger partial charge in [0.25, 0.3) is 0 Å². The minimum atomic E-state index is -1.50. The van der Waals surface area contributed by atoms with E-state index in [1.807, 2.05) is 6.07 Å². The summed E-state index contributed by atoms with van der Waals surface area (Å²) < 4.78 is 4.86. The first-order valence-corrected chi connectivity index (χ1v) is 5.95. The molecule has 0 saturated heterocycles. The summed E-state index contributed by atoms with van der Waals surface area (Å²) in [6, 6.07) is 7.60. The van der Waals surface area contributed by atoms with Gasteiger partial charge in [0, 0.05) is 6.42 Å². The molecular formula is C13H15N2O5-. The number of aliphatic carboxylic acids is 1. The molecule has 0 bridgehead atoms. The molecule has 3 N–H and O–H groups in total. The monoisotopic (exact) mass is 279 g/mol. The first kappa shape index (κ1) is 15.5. The van der Waals surface area contributed by atoms with Crippen molar-refractivity contribution in [3.63, 3.8) is 0 Å². The van der Waals surface area contributed by atoms with E-state index in [1.54, 1.807) is 24.3 Å². The molecule has 1 aromatic carbocycles. The standard InChI is InChI=1S/C13H16N2O5/c14-11(16)7-6-10(12(17)18)15-13(19)20-8-9-4-2-1-3-5-9/h1-5,10H,6-8H2,(H2,14,16)(H,15,19)(H,17,18)/p-1/t10-/m1/s1. The summed E-state index contributed by atoms with van der Waals surface area (Å²) in [6.07, 6.45) is -1.21. The molecule has 1 rings (SSSR count). The van der Waals surface area contributed by atoms with Gasteiger partial charge in [0.1, 0.15) is 6.61 Å². The highest BCUT2D eigenvalue weighted by atomic mass is 16.5. The van der Waals surface area contributed by atoms with E-state index in [0.717, 1.165) is 5.56 Å². The van der Waals surface area contributed by atoms with Crippen LogP contribution in [0, 0.1) is 0 Å². The number of primary amides is 1. The summed E-state index contributed by atoms with van der Waals surface area (Å²) in [4.78, 5) is 32.8. The average Bonchev–Trinajstić information content (AvgIpc) is 2.41. The highest BCUT2D eigenvalue weighted by molar-refractivity contribution is 5.80. The van der Waals surface area contributed by atoms with Gasteiger partial charge >= 0.3 is 6.09 Å². The number of ether oxygens (including phenoxy) is 1. The van der Waals surface area contributed by atoms with Gasteiger partial charge in [-0.2, -0.15) is 0 Å². The minimum absolute atomic E-state index is 0.0161. The Hall–Kier alpha value is -2.57. The number of carboxylic acids is 1. The molecule has 2 amide bonds. The molecule has 0 aromatic heterocycles. The molecule has 0 saturated carbocycles. The Labute approximate surface area is 115 Å². The van der Waals surface area contributed by atoms with Gasteiger partial charge in [-0.15, -0.1) is 0 Å². The maximum absolute atomic E-state index is 11.4. The van der Waals surface area contributed by atoms with Crippen molar-refractivity contribution in [3.8, 4) is 0 Å². The minimum Gasteiger partial charge on any atom is -0.548 e. The summed E-state index contributed by atoms with van der Waals surface area (Å²) in [6.45, 7) is 0.0161. The third-order valence-corrected chi connectivity index (χ3v) is 2.47. The Bertz CT molecular complexity index is 475. The second-order valence-corrected chi connectivity index (χ2v) is 4.08. The Kier molecular flexibility index (Phi) is 6.02. The van der Waals surface area contributed by atoms with Crippen molar-refractivity contribution in [1.29, 1.82) is 0 Å². The number of carbonyl (C=O) groups excluding carboxylic acids is 3. The van der Waals surface area contributed by atoms with Gasteiger partial charge in [-0.3, -0.25) is 4.79 Å². The van der Waals surface area contributed by atoms with Crippen LogP contribution in [0.5, 0.6) is 0 Å². The van der Waals surface area contributed by atoms with Crippen molar-refractivity contribution >= 4 is 18.0 Å². The number of alkyl carbamates (subject to hydrolysis) is 1. The Balaban J connectivity index is 2.41. The van der Waals surface area contributed by atoms with Gasteiger partial charge in [0.15, 0.2) is 0 Å². The van der Waals surface area contributed by atoms with E-state index in [0.29, 0.717) is 0 Å². The van der Waals surface area contributed by atoms with Crippen molar-refractivity contribution in [2.45, 2.75) is 25.5 Å². The van der Waals surface area contributed by atoms with Gasteiger partial charge in [-0.25, -0.2) is 4.79 Å². The Morgan fingerprint density at radius 2 is 1.90 bits per heavy atom. The van der Waals surface area contributed by atoms with Crippen molar-refractivity contribution < 1.29 is 24.2 Å². The molecule has 7 heteroatoms. The number of rotatable bonds is 7. The fourth-order valence-corrected chi connectivity index (χ4v) is 1.44. The lowest BCUT2D eigenvalue weighted by molar-refractivity contribution is -0.308. The fraction of sp³-hybridized carbons (Fsp3) is 0.308. The van der Waals surface area contributed by atoms with Crippen LogP contribution in [0.3, 0.4) is 0 Å². The Morgan fingerprint density at radius 1 is 1.25 bits per heavy atom. The zero-order chi connectivity index (χ0) is 15.0. The lowest BCUT2D eigenvalue weighted by atomic mass is 10.1. The van der Waals surface area contributed by atoms with Crippen LogP contribution >= 0.6 is 0 Å². The SMILES string of the molecule is NC(=O)CC[C@@H](NC(=O)OCc1ccccc1)C(=O)[O-]. The molecule has 0 fully saturated rings. The van der Waals surface area contributed by atoms with Crippen LogP contribution in [0.25, 0.3) is 0 Å². The maximum atomic E-state index is 11.4. The van der Waals surface area contributed by atoms with Crippen LogP contribution in [0.15, 0.2) is 30.3 Å². The predicted molar refractivity (Wildman–Crippen MR) is 67.0 cm³/mol. The lowest BCUT2D eigenvalue weighted by Gasteiger charge is -2.18. The highest BCUT2D eigenvalue weighted by Crippen LogP contribution is 2.02. The second kappa shape index (κ2) is 7.78. The van der Waals surface area contributed by atoms with E-state index in [4.69, 9.17) is 10.5 Å². The van der Waals surface area contributed by atoms with Gasteiger partial charge in [0.05, 0.1) is 12.0 Å². The summed E-state index contributed by atoms with van der Waals surface area (Å²) in [5.74, 6) is -2.15. The number of nitrogens with two attached hydrogens (primary N) is 1. The molecule has 0 unspecified atom stereocenters. The molecule has 0 aliphatic carbocycles. The molecule has 0 spiro atoms. The number of hydrogen-bond donors (Lipinski definition) is 2. The molecular weight excluding hydrogens is 264 g/mol. The zero-order valence-corrected chi connectivity index (χ0v) is 10.7. The van der Waals surface area contributed by atoms with E-state index >= 15 is 0 Å². The first-order chi connectivity index (χ1) is 9.49. The number of benzene rings is 1. The summed E-state index contributed by atoms with van der Waals surface area (Å²) in [5, 5.41) is 12.9. The summed E-state index contributed by atoms with van der Waals surface area (Å²) >= 11 is 0. The third kappa shape index (κ3) is 5.85. The van der Waals surface area contributed by atoms with Gasteiger partial charge in [-0.1, -0.05) is 30.3 Å². The maximum Gasteiger partial charge on any atom is 0.407 e. The van der Waals surface area contributed by atoms with Crippen molar-refractivity contribution in [2.75, 3.05) is 0 Å². The summed E-state index contributed by atoms with van der Waals surface area (Å²) in [7, 11) is 0. The van der Waals surface area contributed by atoms with E-state index in [9.17, 15) is 19.5 Å². The summed E-state index contributed by atoms with van der Waals surface area (Å²) in [5.41, 5.74) is 5.68. The van der Waals surface area contributed by atoms with Crippen LogP contribution in [0.2, 0.25) is 0 Å². The highest BCUT2D eigenvalue weighted by Gasteiger charge is 2.15. The molecule has 20 heavy (non-hydrogen) atoms. The van der Waals surface area contributed by atoms with Crippen molar-refractivity contribution in [3.05, 3.63) is 35.9 Å². The van der Waals surface area contributed by atoms with Crippen LogP contribution in [-0.4, -0.2) is 24.0 Å². The smallest absolute Gasteiger partial charge is 0.407 e. The van der Waals surface area contributed by atoms with Crippen LogP contribution in [-0.2, 0) is 20.9 Å². The molecule has 108 valence electrons. The van der Waals surface area contributed by atoms with Crippen LogP contribution in [0.4, 0.5) is 4.79 Å². The molecule has 1 aromatic rings. The lowest BCUT2D eigenvalue weighted by Crippen LogP contribution is -2.48. The third-order valence-electron chi connectivity index (χ3n) is 2.47. The number of carbonyl (C=O) groups is 3. The fourth-order valence-electron chi connectivity index (χ4n) is 1.44. The van der Waals surface area contributed by atoms with Crippen LogP contribution < -0.4 is 16.2 Å². The van der Waals surface area contributed by atoms with Gasteiger partial charge in [0.2, 0.25) is 5.91 Å². The van der Waals surface area contributed by atoms with Gasteiger partial charge in [-0.05, 0) is 12.0 Å². The number of carboxylic acid groups (broad SMARTS) is 1. The van der Waals surface area contributed by atoms with E-state index < -0.39 is 24.0 Å². The number of nitrogens with one attached hydrogen (secondary N) is 1. The van der Waals surface area contributed by atoms with Crippen molar-refractivity contribution in [2.24, 2.45) is 5.73 Å². The van der Waals surface area contributed by atoms with Crippen LogP contribution in [0.1, 0.15) is 18.4 Å². The largest absolute Gasteiger partial charge is 0.548 e. The molecule has 0 heterocycles. The molecule has 0 radical (unpaired) electrons. The topological polar surface area (TPSA) is 122 Å². The number of amides is 2. The van der Waals surface area contributed by atoms with E-state index in [2.05, 4.69) is 5.32 Å². The predicted octanol–water partition coefficient (Wildman–Crippen LogP) is -0.703.